The zero-order valence-corrected chi connectivity index (χ0v) is 16.3. The van der Waals surface area contributed by atoms with E-state index in [0.717, 1.165) is 37.8 Å². The lowest BCUT2D eigenvalue weighted by atomic mass is 9.89. The molecule has 0 aliphatic heterocycles. The van der Waals surface area contributed by atoms with Crippen LogP contribution in [-0.2, 0) is 25.4 Å². The van der Waals surface area contributed by atoms with Crippen LogP contribution in [0.1, 0.15) is 47.9 Å². The van der Waals surface area contributed by atoms with E-state index in [2.05, 4.69) is 10.6 Å². The lowest BCUT2D eigenvalue weighted by Gasteiger charge is -2.33. The Morgan fingerprint density at radius 2 is 1.00 bits per heavy atom. The highest BCUT2D eigenvalue weighted by atomic mass is 19.4. The number of hydrogen-bond acceptors (Lipinski definition) is 2. The van der Waals surface area contributed by atoms with Gasteiger partial charge in [0.15, 0.2) is 0 Å². The van der Waals surface area contributed by atoms with Crippen LogP contribution in [0.5, 0.6) is 0 Å². The number of hydrogen-bond donors (Lipinski definition) is 2. The fourth-order valence-electron chi connectivity index (χ4n) is 4.00. The largest absolute Gasteiger partial charge is 0.416 e. The summed E-state index contributed by atoms with van der Waals surface area (Å²) in [6, 6.07) is 10.6. The third kappa shape index (κ3) is 5.76. The highest BCUT2D eigenvalue weighted by Crippen LogP contribution is 2.33. The van der Waals surface area contributed by atoms with Crippen LogP contribution in [0.2, 0.25) is 0 Å². The molecule has 3 rings (SSSR count). The van der Waals surface area contributed by atoms with E-state index in [4.69, 9.17) is 0 Å². The summed E-state index contributed by atoms with van der Waals surface area (Å²) in [5.74, 6) is 0. The topological polar surface area (TPSA) is 24.1 Å². The molecule has 2 N–H and O–H groups in total. The van der Waals surface area contributed by atoms with E-state index >= 15 is 0 Å². The van der Waals surface area contributed by atoms with Gasteiger partial charge in [0.25, 0.3) is 0 Å². The Labute approximate surface area is 171 Å². The van der Waals surface area contributed by atoms with Gasteiger partial charge in [-0.2, -0.15) is 26.3 Å². The van der Waals surface area contributed by atoms with Crippen LogP contribution in [0.3, 0.4) is 0 Å². The third-order valence-electron chi connectivity index (χ3n) is 5.52. The Hall–Kier alpha value is -2.06. The van der Waals surface area contributed by atoms with E-state index in [0.29, 0.717) is 0 Å². The first-order valence-corrected chi connectivity index (χ1v) is 9.93. The number of rotatable bonds is 6. The van der Waals surface area contributed by atoms with E-state index in [1.54, 1.807) is 12.1 Å². The highest BCUT2D eigenvalue weighted by molar-refractivity contribution is 5.30. The Morgan fingerprint density at radius 3 is 1.37 bits per heavy atom. The molecule has 2 unspecified atom stereocenters. The smallest absolute Gasteiger partial charge is 0.308 e. The molecule has 0 aromatic heterocycles. The van der Waals surface area contributed by atoms with Crippen molar-refractivity contribution < 1.29 is 26.3 Å². The summed E-state index contributed by atoms with van der Waals surface area (Å²) in [6.45, 7) is 0.106. The Kier molecular flexibility index (Phi) is 7.08. The van der Waals surface area contributed by atoms with Crippen molar-refractivity contribution in [3.8, 4) is 0 Å². The van der Waals surface area contributed by atoms with Crippen molar-refractivity contribution in [2.45, 2.75) is 63.2 Å². The zero-order chi connectivity index (χ0) is 21.8. The average Bonchev–Trinajstić information content (AvgIpc) is 2.70. The van der Waals surface area contributed by atoms with Crippen LogP contribution in [-0.4, -0.2) is 12.1 Å². The number of benzene rings is 2. The van der Waals surface area contributed by atoms with Gasteiger partial charge in [0.2, 0.25) is 0 Å². The summed E-state index contributed by atoms with van der Waals surface area (Å²) in [6.07, 6.45) is -5.49. The minimum atomic E-state index is -4.43. The van der Waals surface area contributed by atoms with Crippen molar-refractivity contribution in [3.05, 3.63) is 70.8 Å². The molecule has 1 fully saturated rings. The SMILES string of the molecule is FC(F)(F)c1ccccc1CNC1CCCCC1NCc1ccccc1C(F)(F)F. The third-order valence-corrected chi connectivity index (χ3v) is 5.52. The lowest BCUT2D eigenvalue weighted by Crippen LogP contribution is -2.49. The summed E-state index contributed by atoms with van der Waals surface area (Å²) >= 11 is 0. The lowest BCUT2D eigenvalue weighted by molar-refractivity contribution is -0.139. The zero-order valence-electron chi connectivity index (χ0n) is 16.3. The molecule has 2 aromatic carbocycles. The Morgan fingerprint density at radius 1 is 0.633 bits per heavy atom. The van der Waals surface area contributed by atoms with Crippen LogP contribution in [0, 0.1) is 0 Å². The average molecular weight is 430 g/mol. The molecule has 0 bridgehead atoms. The van der Waals surface area contributed by atoms with Gasteiger partial charge >= 0.3 is 12.4 Å². The molecule has 2 aromatic rings. The van der Waals surface area contributed by atoms with E-state index in [-0.39, 0.29) is 36.3 Å². The molecule has 2 nitrogen and oxygen atoms in total. The maximum absolute atomic E-state index is 13.2. The van der Waals surface area contributed by atoms with Gasteiger partial charge in [-0.1, -0.05) is 49.2 Å². The predicted molar refractivity (Wildman–Crippen MR) is 103 cm³/mol. The summed E-state index contributed by atoms with van der Waals surface area (Å²) in [5, 5.41) is 6.39. The second kappa shape index (κ2) is 9.39. The van der Waals surface area contributed by atoms with Crippen LogP contribution in [0.25, 0.3) is 0 Å². The second-order valence-corrected chi connectivity index (χ2v) is 7.57. The number of halogens is 6. The minimum absolute atomic E-state index is 0.0532. The molecule has 2 atom stereocenters. The normalized spacial score (nSPS) is 20.3. The Balaban J connectivity index is 1.66. The molecule has 8 heteroatoms. The molecule has 1 aliphatic carbocycles. The highest BCUT2D eigenvalue weighted by Gasteiger charge is 2.34. The standard InChI is InChI=1S/C22H24F6N2/c23-21(24,25)17-9-3-1-7-15(17)13-29-19-11-5-6-12-20(19)30-14-16-8-2-4-10-18(16)22(26,27)28/h1-4,7-10,19-20,29-30H,5-6,11-14H2. The van der Waals surface area contributed by atoms with Crippen molar-refractivity contribution >= 4 is 0 Å². The van der Waals surface area contributed by atoms with Crippen LogP contribution in [0.15, 0.2) is 48.5 Å². The van der Waals surface area contributed by atoms with E-state index in [1.165, 1.54) is 24.3 Å². The molecule has 0 heterocycles. The van der Waals surface area contributed by atoms with Gasteiger partial charge < -0.3 is 10.6 Å². The van der Waals surface area contributed by atoms with Gasteiger partial charge in [-0.05, 0) is 36.1 Å². The summed E-state index contributed by atoms with van der Waals surface area (Å²) < 4.78 is 79.2. The summed E-state index contributed by atoms with van der Waals surface area (Å²) in [7, 11) is 0. The molecule has 1 aliphatic rings. The van der Waals surface area contributed by atoms with Crippen molar-refractivity contribution in [1.82, 2.24) is 10.6 Å². The van der Waals surface area contributed by atoms with E-state index in [1.807, 2.05) is 0 Å². The fraction of sp³-hybridized carbons (Fsp3) is 0.455. The first-order valence-electron chi connectivity index (χ1n) is 9.93. The summed E-state index contributed by atoms with van der Waals surface area (Å²) in [4.78, 5) is 0. The quantitative estimate of drug-likeness (QED) is 0.557. The predicted octanol–water partition coefficient (Wildman–Crippen LogP) is 5.91. The van der Waals surface area contributed by atoms with Gasteiger partial charge in [0.05, 0.1) is 11.1 Å². The summed E-state index contributed by atoms with van der Waals surface area (Å²) in [5.41, 5.74) is -1.01. The second-order valence-electron chi connectivity index (χ2n) is 7.57. The number of nitrogens with one attached hydrogen (secondary N) is 2. The minimum Gasteiger partial charge on any atom is -0.308 e. The first kappa shape index (κ1) is 22.6. The van der Waals surface area contributed by atoms with Gasteiger partial charge in [-0.25, -0.2) is 0 Å². The van der Waals surface area contributed by atoms with E-state index < -0.39 is 23.5 Å². The van der Waals surface area contributed by atoms with Crippen molar-refractivity contribution in [3.63, 3.8) is 0 Å². The fourth-order valence-corrected chi connectivity index (χ4v) is 4.00. The van der Waals surface area contributed by atoms with Gasteiger partial charge in [-0.3, -0.25) is 0 Å². The molecule has 0 radical (unpaired) electrons. The molecular weight excluding hydrogens is 406 g/mol. The maximum atomic E-state index is 13.2. The molecule has 0 saturated heterocycles. The monoisotopic (exact) mass is 430 g/mol. The van der Waals surface area contributed by atoms with E-state index in [9.17, 15) is 26.3 Å². The van der Waals surface area contributed by atoms with Crippen LogP contribution < -0.4 is 10.6 Å². The molecule has 164 valence electrons. The maximum Gasteiger partial charge on any atom is 0.416 e. The molecule has 0 spiro atoms. The molecule has 1 saturated carbocycles. The number of alkyl halides is 6. The Bertz CT molecular complexity index is 761. The van der Waals surface area contributed by atoms with Crippen LogP contribution >= 0.6 is 0 Å². The van der Waals surface area contributed by atoms with Crippen molar-refractivity contribution in [1.29, 1.82) is 0 Å². The van der Waals surface area contributed by atoms with Crippen molar-refractivity contribution in [2.24, 2.45) is 0 Å². The molecule has 30 heavy (non-hydrogen) atoms. The van der Waals surface area contributed by atoms with Crippen molar-refractivity contribution in [2.75, 3.05) is 0 Å². The van der Waals surface area contributed by atoms with Gasteiger partial charge in [0.1, 0.15) is 0 Å². The van der Waals surface area contributed by atoms with Gasteiger partial charge in [-0.15, -0.1) is 0 Å². The first-order chi connectivity index (χ1) is 14.2. The van der Waals surface area contributed by atoms with Gasteiger partial charge in [0, 0.05) is 25.2 Å². The molecular formula is C22H24F6N2. The van der Waals surface area contributed by atoms with Crippen LogP contribution in [0.4, 0.5) is 26.3 Å². The molecule has 0 amide bonds.